The summed E-state index contributed by atoms with van der Waals surface area (Å²) in [6.07, 6.45) is 2.62. The van der Waals surface area contributed by atoms with E-state index in [4.69, 9.17) is 0 Å². The second kappa shape index (κ2) is 8.25. The average molecular weight is 313 g/mol. The number of rotatable bonds is 7. The van der Waals surface area contributed by atoms with Crippen LogP contribution in [0.2, 0.25) is 0 Å². The molecule has 4 heteroatoms. The van der Waals surface area contributed by atoms with Gasteiger partial charge in [0, 0.05) is 24.0 Å². The summed E-state index contributed by atoms with van der Waals surface area (Å²) in [5, 5.41) is 0.964. The van der Waals surface area contributed by atoms with Crippen LogP contribution in [0.25, 0.3) is 0 Å². The fourth-order valence-corrected chi connectivity index (χ4v) is 2.18. The Morgan fingerprint density at radius 1 is 1.39 bits per heavy atom. The smallest absolute Gasteiger partial charge is 0.222 e. The molecule has 1 aromatic heterocycles. The minimum Gasteiger partial charge on any atom is -0.337 e. The molecule has 0 spiro atoms. The van der Waals surface area contributed by atoms with Crippen LogP contribution in [0.5, 0.6) is 0 Å². The molecule has 1 heterocycles. The number of alkyl halides is 1. The molecule has 100 valence electrons. The molecule has 3 nitrogen and oxygen atoms in total. The molecule has 0 N–H and O–H groups in total. The van der Waals surface area contributed by atoms with Crippen molar-refractivity contribution in [2.75, 3.05) is 11.9 Å². The number of unbranched alkanes of at least 4 members (excludes halogenated alkanes) is 1. The number of amides is 1. The van der Waals surface area contributed by atoms with Gasteiger partial charge in [-0.2, -0.15) is 0 Å². The molecule has 0 saturated heterocycles. The summed E-state index contributed by atoms with van der Waals surface area (Å²) in [6.45, 7) is 5.34. The molecule has 0 aliphatic carbocycles. The third-order valence-corrected chi connectivity index (χ3v) is 3.37. The van der Waals surface area contributed by atoms with Gasteiger partial charge in [0.15, 0.2) is 0 Å². The van der Waals surface area contributed by atoms with E-state index in [-0.39, 0.29) is 5.91 Å². The third kappa shape index (κ3) is 5.17. The Kier molecular flexibility index (Phi) is 6.94. The molecular weight excluding hydrogens is 292 g/mol. The number of carbonyl (C=O) groups is 1. The minimum absolute atomic E-state index is 0.224. The predicted molar refractivity (Wildman–Crippen MR) is 77.7 cm³/mol. The molecule has 18 heavy (non-hydrogen) atoms. The molecule has 0 aliphatic heterocycles. The van der Waals surface area contributed by atoms with E-state index >= 15 is 0 Å². The van der Waals surface area contributed by atoms with Crippen molar-refractivity contribution in [2.45, 2.75) is 39.7 Å². The van der Waals surface area contributed by atoms with Crippen molar-refractivity contribution in [1.82, 2.24) is 9.88 Å². The lowest BCUT2D eigenvalue weighted by Gasteiger charge is -2.20. The van der Waals surface area contributed by atoms with Crippen molar-refractivity contribution in [2.24, 2.45) is 0 Å². The van der Waals surface area contributed by atoms with Crippen LogP contribution in [0.1, 0.15) is 37.6 Å². The molecule has 1 aromatic rings. The van der Waals surface area contributed by atoms with Gasteiger partial charge < -0.3 is 4.90 Å². The van der Waals surface area contributed by atoms with Crippen LogP contribution in [-0.2, 0) is 11.3 Å². The number of nitrogens with zero attached hydrogens (tertiary/aromatic N) is 2. The summed E-state index contributed by atoms with van der Waals surface area (Å²) in [7, 11) is 0. The summed E-state index contributed by atoms with van der Waals surface area (Å²) in [4.78, 5) is 18.3. The summed E-state index contributed by atoms with van der Waals surface area (Å²) < 4.78 is 0. The van der Waals surface area contributed by atoms with E-state index in [1.807, 2.05) is 36.9 Å². The van der Waals surface area contributed by atoms with E-state index in [1.165, 1.54) is 0 Å². The number of hydrogen-bond donors (Lipinski definition) is 0. The number of hydrogen-bond acceptors (Lipinski definition) is 2. The maximum Gasteiger partial charge on any atom is 0.222 e. The molecule has 0 radical (unpaired) electrons. The molecule has 0 unspecified atom stereocenters. The highest BCUT2D eigenvalue weighted by molar-refractivity contribution is 9.09. The SMILES string of the molecule is CCN(Cc1cccc(C)n1)C(=O)CCCCBr. The number of pyridine rings is 1. The van der Waals surface area contributed by atoms with Crippen molar-refractivity contribution in [3.8, 4) is 0 Å². The topological polar surface area (TPSA) is 33.2 Å². The van der Waals surface area contributed by atoms with E-state index in [2.05, 4.69) is 20.9 Å². The van der Waals surface area contributed by atoms with E-state index < -0.39 is 0 Å². The maximum atomic E-state index is 12.0. The first-order chi connectivity index (χ1) is 8.67. The standard InChI is InChI=1S/C14H21BrN2O/c1-3-17(14(18)9-4-5-10-15)11-13-8-6-7-12(2)16-13/h6-8H,3-5,9-11H2,1-2H3. The maximum absolute atomic E-state index is 12.0. The van der Waals surface area contributed by atoms with Crippen LogP contribution >= 0.6 is 15.9 Å². The van der Waals surface area contributed by atoms with Crippen molar-refractivity contribution >= 4 is 21.8 Å². The lowest BCUT2D eigenvalue weighted by Crippen LogP contribution is -2.30. The third-order valence-electron chi connectivity index (χ3n) is 2.81. The Hall–Kier alpha value is -0.900. The Bertz CT molecular complexity index is 382. The first kappa shape index (κ1) is 15.2. The fourth-order valence-electron chi connectivity index (χ4n) is 1.79. The predicted octanol–water partition coefficient (Wildman–Crippen LogP) is 3.30. The van der Waals surface area contributed by atoms with Gasteiger partial charge in [0.05, 0.1) is 12.2 Å². The van der Waals surface area contributed by atoms with Crippen LogP contribution in [-0.4, -0.2) is 27.7 Å². The Balaban J connectivity index is 2.53. The monoisotopic (exact) mass is 312 g/mol. The van der Waals surface area contributed by atoms with Crippen LogP contribution in [0, 0.1) is 6.92 Å². The first-order valence-corrected chi connectivity index (χ1v) is 7.55. The van der Waals surface area contributed by atoms with Gasteiger partial charge in [-0.25, -0.2) is 0 Å². The molecule has 0 atom stereocenters. The van der Waals surface area contributed by atoms with Gasteiger partial charge in [-0.1, -0.05) is 22.0 Å². The molecule has 0 bridgehead atoms. The highest BCUT2D eigenvalue weighted by Crippen LogP contribution is 2.07. The summed E-state index contributed by atoms with van der Waals surface area (Å²) in [6, 6.07) is 5.93. The van der Waals surface area contributed by atoms with Crippen molar-refractivity contribution in [3.05, 3.63) is 29.6 Å². The minimum atomic E-state index is 0.224. The fraction of sp³-hybridized carbons (Fsp3) is 0.571. The zero-order valence-electron chi connectivity index (χ0n) is 11.2. The molecular formula is C14H21BrN2O. The van der Waals surface area contributed by atoms with Crippen molar-refractivity contribution in [3.63, 3.8) is 0 Å². The number of aryl methyl sites for hydroxylation is 1. The van der Waals surface area contributed by atoms with Crippen LogP contribution < -0.4 is 0 Å². The number of carbonyl (C=O) groups excluding carboxylic acids is 1. The summed E-state index contributed by atoms with van der Waals surface area (Å²) in [5.41, 5.74) is 1.96. The van der Waals surface area contributed by atoms with Gasteiger partial charge in [0.25, 0.3) is 0 Å². The van der Waals surface area contributed by atoms with E-state index in [1.54, 1.807) is 0 Å². The zero-order valence-corrected chi connectivity index (χ0v) is 12.7. The molecule has 0 aliphatic rings. The summed E-state index contributed by atoms with van der Waals surface area (Å²) >= 11 is 3.38. The number of halogens is 1. The zero-order chi connectivity index (χ0) is 13.4. The Morgan fingerprint density at radius 2 is 2.17 bits per heavy atom. The highest BCUT2D eigenvalue weighted by Gasteiger charge is 2.12. The van der Waals surface area contributed by atoms with Crippen LogP contribution in [0.4, 0.5) is 0 Å². The molecule has 0 saturated carbocycles. The second-order valence-electron chi connectivity index (χ2n) is 4.32. The van der Waals surface area contributed by atoms with Crippen molar-refractivity contribution < 1.29 is 4.79 Å². The second-order valence-corrected chi connectivity index (χ2v) is 5.12. The van der Waals surface area contributed by atoms with Gasteiger partial charge in [-0.05, 0) is 38.8 Å². The van der Waals surface area contributed by atoms with Crippen LogP contribution in [0.3, 0.4) is 0 Å². The van der Waals surface area contributed by atoms with E-state index in [0.717, 1.165) is 36.1 Å². The average Bonchev–Trinajstić information content (AvgIpc) is 2.36. The number of aromatic nitrogens is 1. The quantitative estimate of drug-likeness (QED) is 0.571. The molecule has 0 aromatic carbocycles. The van der Waals surface area contributed by atoms with E-state index in [9.17, 15) is 4.79 Å². The van der Waals surface area contributed by atoms with Crippen LogP contribution in [0.15, 0.2) is 18.2 Å². The lowest BCUT2D eigenvalue weighted by molar-refractivity contribution is -0.131. The van der Waals surface area contributed by atoms with E-state index in [0.29, 0.717) is 13.0 Å². The normalized spacial score (nSPS) is 10.4. The first-order valence-electron chi connectivity index (χ1n) is 6.43. The van der Waals surface area contributed by atoms with Gasteiger partial charge in [-0.15, -0.1) is 0 Å². The molecule has 1 rings (SSSR count). The Morgan fingerprint density at radius 3 is 2.78 bits per heavy atom. The van der Waals surface area contributed by atoms with Gasteiger partial charge in [0.2, 0.25) is 5.91 Å². The largest absolute Gasteiger partial charge is 0.337 e. The summed E-state index contributed by atoms with van der Waals surface area (Å²) in [5.74, 6) is 0.224. The molecule has 0 fully saturated rings. The lowest BCUT2D eigenvalue weighted by atomic mass is 10.2. The highest BCUT2D eigenvalue weighted by atomic mass is 79.9. The van der Waals surface area contributed by atoms with Gasteiger partial charge in [-0.3, -0.25) is 9.78 Å². The van der Waals surface area contributed by atoms with Gasteiger partial charge >= 0.3 is 0 Å². The molecule has 1 amide bonds. The Labute approximate surface area is 118 Å². The van der Waals surface area contributed by atoms with Crippen molar-refractivity contribution in [1.29, 1.82) is 0 Å². The van der Waals surface area contributed by atoms with Gasteiger partial charge in [0.1, 0.15) is 0 Å².